The third-order valence-electron chi connectivity index (χ3n) is 4.04. The van der Waals surface area contributed by atoms with Gasteiger partial charge in [-0.15, -0.1) is 0 Å². The van der Waals surface area contributed by atoms with E-state index in [4.69, 9.17) is 14.4 Å². The summed E-state index contributed by atoms with van der Waals surface area (Å²) in [6, 6.07) is 17.5. The first-order valence-corrected chi connectivity index (χ1v) is 8.93. The summed E-state index contributed by atoms with van der Waals surface area (Å²) in [5.74, 6) is -1.46. The minimum Gasteiger partial charge on any atom is -0.459 e. The molecule has 2 N–H and O–H groups in total. The Morgan fingerprint density at radius 3 is 2.43 bits per heavy atom. The first-order chi connectivity index (χ1) is 14.5. The van der Waals surface area contributed by atoms with Gasteiger partial charge in [0.1, 0.15) is 0 Å². The minimum atomic E-state index is -1.05. The normalized spacial score (nSPS) is 11.1. The van der Waals surface area contributed by atoms with Gasteiger partial charge in [0.15, 0.2) is 11.9 Å². The molecule has 2 amide bonds. The van der Waals surface area contributed by atoms with Gasteiger partial charge in [-0.2, -0.15) is 5.26 Å². The summed E-state index contributed by atoms with van der Waals surface area (Å²) in [7, 11) is 0. The van der Waals surface area contributed by atoms with E-state index in [1.54, 1.807) is 24.3 Å². The van der Waals surface area contributed by atoms with Crippen molar-refractivity contribution in [3.8, 4) is 6.07 Å². The van der Waals surface area contributed by atoms with Gasteiger partial charge >= 0.3 is 5.97 Å². The molecule has 8 heteroatoms. The van der Waals surface area contributed by atoms with Crippen LogP contribution in [0.1, 0.15) is 33.4 Å². The average molecular weight is 403 g/mol. The van der Waals surface area contributed by atoms with Gasteiger partial charge in [-0.05, 0) is 61.5 Å². The monoisotopic (exact) mass is 403 g/mol. The summed E-state index contributed by atoms with van der Waals surface area (Å²) in [6.45, 7) is 1.44. The summed E-state index contributed by atoms with van der Waals surface area (Å²) >= 11 is 0. The van der Waals surface area contributed by atoms with Crippen molar-refractivity contribution >= 4 is 29.2 Å². The number of rotatable bonds is 6. The van der Waals surface area contributed by atoms with Crippen LogP contribution in [0.25, 0.3) is 0 Å². The Kier molecular flexibility index (Phi) is 6.25. The zero-order chi connectivity index (χ0) is 21.5. The van der Waals surface area contributed by atoms with E-state index in [-0.39, 0.29) is 11.3 Å². The molecule has 30 heavy (non-hydrogen) atoms. The van der Waals surface area contributed by atoms with Crippen LogP contribution >= 0.6 is 0 Å². The molecule has 8 nitrogen and oxygen atoms in total. The average Bonchev–Trinajstić information content (AvgIpc) is 3.29. The quantitative estimate of drug-likeness (QED) is 0.607. The molecule has 3 aromatic rings. The van der Waals surface area contributed by atoms with E-state index in [1.807, 2.05) is 6.07 Å². The van der Waals surface area contributed by atoms with Crippen LogP contribution in [0.3, 0.4) is 0 Å². The van der Waals surface area contributed by atoms with Crippen LogP contribution in [-0.2, 0) is 9.53 Å². The summed E-state index contributed by atoms with van der Waals surface area (Å²) in [5.41, 5.74) is 1.52. The number of ether oxygens (including phenoxy) is 1. The molecule has 3 rings (SSSR count). The number of nitrogens with one attached hydrogen (secondary N) is 2. The van der Waals surface area contributed by atoms with E-state index in [1.165, 1.54) is 49.6 Å². The molecule has 1 aromatic heterocycles. The number of amides is 2. The van der Waals surface area contributed by atoms with Crippen LogP contribution in [0.4, 0.5) is 11.4 Å². The van der Waals surface area contributed by atoms with E-state index in [2.05, 4.69) is 10.6 Å². The Bertz CT molecular complexity index is 1100. The SMILES string of the molecule is C[C@H](OC(=O)c1ccc(NC(=O)c2ccco2)cc1)C(=O)Nc1cccc(C#N)c1. The predicted molar refractivity (Wildman–Crippen MR) is 108 cm³/mol. The highest BCUT2D eigenvalue weighted by molar-refractivity contribution is 6.02. The minimum absolute atomic E-state index is 0.165. The van der Waals surface area contributed by atoms with Gasteiger partial charge in [0.05, 0.1) is 23.5 Å². The zero-order valence-corrected chi connectivity index (χ0v) is 15.9. The smallest absolute Gasteiger partial charge is 0.338 e. The van der Waals surface area contributed by atoms with E-state index >= 15 is 0 Å². The van der Waals surface area contributed by atoms with Crippen LogP contribution in [0.15, 0.2) is 71.3 Å². The number of carbonyl (C=O) groups is 3. The van der Waals surface area contributed by atoms with Crippen molar-refractivity contribution in [1.29, 1.82) is 5.26 Å². The third-order valence-corrected chi connectivity index (χ3v) is 4.04. The molecular weight excluding hydrogens is 386 g/mol. The molecule has 2 aromatic carbocycles. The van der Waals surface area contributed by atoms with Crippen LogP contribution < -0.4 is 10.6 Å². The van der Waals surface area contributed by atoms with Crippen LogP contribution in [0, 0.1) is 11.3 Å². The standard InChI is InChI=1S/C22H17N3O5/c1-14(20(26)25-18-5-2-4-15(12-18)13-23)30-22(28)16-7-9-17(10-8-16)24-21(27)19-6-3-11-29-19/h2-12,14H,1H3,(H,24,27)(H,25,26)/t14-/m0/s1. The zero-order valence-electron chi connectivity index (χ0n) is 15.9. The first kappa shape index (κ1) is 20.4. The van der Waals surface area contributed by atoms with Crippen LogP contribution in [-0.4, -0.2) is 23.9 Å². The van der Waals surface area contributed by atoms with E-state index in [0.29, 0.717) is 16.9 Å². The van der Waals surface area contributed by atoms with E-state index in [0.717, 1.165) is 0 Å². The molecule has 1 heterocycles. The van der Waals surface area contributed by atoms with Crippen molar-refractivity contribution in [3.05, 3.63) is 83.8 Å². The molecule has 0 aliphatic heterocycles. The topological polar surface area (TPSA) is 121 Å². The Morgan fingerprint density at radius 2 is 1.77 bits per heavy atom. The molecular formula is C22H17N3O5. The molecule has 0 saturated carbocycles. The number of hydrogen-bond acceptors (Lipinski definition) is 6. The molecule has 1 atom stereocenters. The summed E-state index contributed by atoms with van der Waals surface area (Å²) in [4.78, 5) is 36.5. The maximum absolute atomic E-state index is 12.3. The van der Waals surface area contributed by atoms with Crippen LogP contribution in [0.5, 0.6) is 0 Å². The number of nitrogens with zero attached hydrogens (tertiary/aromatic N) is 1. The molecule has 150 valence electrons. The lowest BCUT2D eigenvalue weighted by atomic mass is 10.2. The maximum Gasteiger partial charge on any atom is 0.338 e. The van der Waals surface area contributed by atoms with Crippen molar-refractivity contribution in [1.82, 2.24) is 0 Å². The Hall–Kier alpha value is -4.38. The van der Waals surface area contributed by atoms with Crippen molar-refractivity contribution < 1.29 is 23.5 Å². The largest absolute Gasteiger partial charge is 0.459 e. The number of hydrogen-bond donors (Lipinski definition) is 2. The second-order valence-corrected chi connectivity index (χ2v) is 6.24. The molecule has 0 bridgehead atoms. The van der Waals surface area contributed by atoms with Gasteiger partial charge in [-0.3, -0.25) is 9.59 Å². The highest BCUT2D eigenvalue weighted by Crippen LogP contribution is 2.14. The lowest BCUT2D eigenvalue weighted by Crippen LogP contribution is -2.30. The number of furan rings is 1. The highest BCUT2D eigenvalue weighted by atomic mass is 16.5. The molecule has 0 spiro atoms. The van der Waals surface area contributed by atoms with E-state index in [9.17, 15) is 14.4 Å². The summed E-state index contributed by atoms with van der Waals surface area (Å²) in [6.07, 6.45) is 0.340. The van der Waals surface area contributed by atoms with Crippen LogP contribution in [0.2, 0.25) is 0 Å². The Balaban J connectivity index is 1.56. The molecule has 0 unspecified atom stereocenters. The third kappa shape index (κ3) is 5.11. The number of benzene rings is 2. The number of anilines is 2. The van der Waals surface area contributed by atoms with Gasteiger partial charge in [-0.25, -0.2) is 4.79 Å². The van der Waals surface area contributed by atoms with Gasteiger partial charge < -0.3 is 19.8 Å². The molecule has 0 aliphatic rings. The van der Waals surface area contributed by atoms with Crippen molar-refractivity contribution in [2.24, 2.45) is 0 Å². The lowest BCUT2D eigenvalue weighted by molar-refractivity contribution is -0.123. The van der Waals surface area contributed by atoms with Gasteiger partial charge in [0, 0.05) is 11.4 Å². The predicted octanol–water partition coefficient (Wildman–Crippen LogP) is 3.59. The van der Waals surface area contributed by atoms with Gasteiger partial charge in [-0.1, -0.05) is 6.07 Å². The fourth-order valence-corrected chi connectivity index (χ4v) is 2.48. The Morgan fingerprint density at radius 1 is 1.00 bits per heavy atom. The second-order valence-electron chi connectivity index (χ2n) is 6.24. The second kappa shape index (κ2) is 9.21. The molecule has 0 saturated heterocycles. The number of carbonyl (C=O) groups excluding carboxylic acids is 3. The highest BCUT2D eigenvalue weighted by Gasteiger charge is 2.19. The summed E-state index contributed by atoms with van der Waals surface area (Å²) in [5, 5.41) is 14.1. The molecule has 0 fully saturated rings. The maximum atomic E-state index is 12.3. The van der Waals surface area contributed by atoms with E-state index < -0.39 is 23.9 Å². The summed E-state index contributed by atoms with van der Waals surface area (Å²) < 4.78 is 10.2. The molecule has 0 radical (unpaired) electrons. The van der Waals surface area contributed by atoms with Crippen molar-refractivity contribution in [3.63, 3.8) is 0 Å². The van der Waals surface area contributed by atoms with Crippen molar-refractivity contribution in [2.45, 2.75) is 13.0 Å². The van der Waals surface area contributed by atoms with Gasteiger partial charge in [0.25, 0.3) is 11.8 Å². The first-order valence-electron chi connectivity index (χ1n) is 8.93. The fourth-order valence-electron chi connectivity index (χ4n) is 2.48. The number of nitriles is 1. The number of esters is 1. The molecule has 0 aliphatic carbocycles. The van der Waals surface area contributed by atoms with Gasteiger partial charge in [0.2, 0.25) is 0 Å². The van der Waals surface area contributed by atoms with Crippen molar-refractivity contribution in [2.75, 3.05) is 10.6 Å². The fraction of sp³-hybridized carbons (Fsp3) is 0.0909. The Labute approximate surface area is 172 Å². The lowest BCUT2D eigenvalue weighted by Gasteiger charge is -2.14.